The van der Waals surface area contributed by atoms with E-state index in [9.17, 15) is 24.0 Å². The predicted octanol–water partition coefficient (Wildman–Crippen LogP) is 8.82. The van der Waals surface area contributed by atoms with Gasteiger partial charge >= 0.3 is 24.4 Å². The number of hydrogen-bond donors (Lipinski definition) is 3. The highest BCUT2D eigenvalue weighted by Crippen LogP contribution is 2.34. The smallest absolute Gasteiger partial charge is 0.437 e. The second-order valence-electron chi connectivity index (χ2n) is 18.5. The first-order valence-electron chi connectivity index (χ1n) is 20.3. The fourth-order valence-corrected chi connectivity index (χ4v) is 6.91. The minimum Gasteiger partial charge on any atom is -0.496 e. The maximum absolute atomic E-state index is 13.5. The van der Waals surface area contributed by atoms with Gasteiger partial charge in [-0.3, -0.25) is 15.4 Å². The standard InChI is InChI=1S/C44H61N7O10S/c1-41(2,3)58-37(53)46-35(47-38(54)59-42(4,5)6)50-22-18-27(19-23-50)30-15-14-29(26-31(30)57-13)45-34(52)33-17-16-32(62-33)28-20-24-51(25-21-28)36(48-39(55)60-43(7,8)9)49-40(56)61-44(10,11)12/h14-18,20,26H,19,21-25H2,1-13H3,(H,45,52)(H,46,47,53,54)(H,48,49,55,56). The monoisotopic (exact) mass is 879 g/mol. The Morgan fingerprint density at radius 2 is 1.10 bits per heavy atom. The maximum atomic E-state index is 13.5. The second-order valence-corrected chi connectivity index (χ2v) is 19.6. The van der Waals surface area contributed by atoms with E-state index in [0.29, 0.717) is 55.3 Å². The molecule has 0 bridgehead atoms. The van der Waals surface area contributed by atoms with Gasteiger partial charge in [0.25, 0.3) is 5.91 Å². The lowest BCUT2D eigenvalue weighted by Gasteiger charge is -2.30. The molecule has 338 valence electrons. The van der Waals surface area contributed by atoms with Crippen LogP contribution in [0.1, 0.15) is 116 Å². The normalized spacial score (nSPS) is 15.4. The van der Waals surface area contributed by atoms with Gasteiger partial charge in [0.2, 0.25) is 11.9 Å². The molecule has 0 spiro atoms. The summed E-state index contributed by atoms with van der Waals surface area (Å²) >= 11 is 1.35. The van der Waals surface area contributed by atoms with Gasteiger partial charge in [-0.05, 0) is 131 Å². The highest BCUT2D eigenvalue weighted by atomic mass is 32.1. The van der Waals surface area contributed by atoms with Crippen LogP contribution < -0.4 is 20.7 Å². The molecule has 1 aromatic heterocycles. The summed E-state index contributed by atoms with van der Waals surface area (Å²) in [7, 11) is 1.56. The quantitative estimate of drug-likeness (QED) is 0.147. The summed E-state index contributed by atoms with van der Waals surface area (Å²) in [5.74, 6) is 0.296. The van der Waals surface area contributed by atoms with E-state index in [-0.39, 0.29) is 17.8 Å². The van der Waals surface area contributed by atoms with Crippen molar-refractivity contribution in [1.29, 1.82) is 0 Å². The highest BCUT2D eigenvalue weighted by molar-refractivity contribution is 7.15. The van der Waals surface area contributed by atoms with Crippen LogP contribution in [-0.2, 0) is 18.9 Å². The first-order chi connectivity index (χ1) is 28.7. The van der Waals surface area contributed by atoms with Gasteiger partial charge in [-0.2, -0.15) is 0 Å². The third-order valence-electron chi connectivity index (χ3n) is 8.38. The molecule has 3 N–H and O–H groups in total. The average Bonchev–Trinajstić information content (AvgIpc) is 3.62. The number of amides is 5. The summed E-state index contributed by atoms with van der Waals surface area (Å²) in [6.07, 6.45) is 1.81. The van der Waals surface area contributed by atoms with Gasteiger partial charge in [-0.15, -0.1) is 21.3 Å². The molecule has 0 atom stereocenters. The summed E-state index contributed by atoms with van der Waals surface area (Å²) in [5.41, 5.74) is 0.268. The number of thiophene rings is 1. The van der Waals surface area contributed by atoms with E-state index in [1.807, 2.05) is 24.3 Å². The molecule has 0 saturated carbocycles. The Balaban J connectivity index is 1.44. The minimum atomic E-state index is -0.845. The number of carbonyl (C=O) groups is 5. The van der Waals surface area contributed by atoms with Crippen LogP contribution in [0.3, 0.4) is 0 Å². The van der Waals surface area contributed by atoms with E-state index >= 15 is 0 Å². The van der Waals surface area contributed by atoms with Gasteiger partial charge in [-0.25, -0.2) is 19.2 Å². The van der Waals surface area contributed by atoms with Crippen molar-refractivity contribution in [1.82, 2.24) is 20.4 Å². The Morgan fingerprint density at radius 3 is 1.52 bits per heavy atom. The predicted molar refractivity (Wildman–Crippen MR) is 240 cm³/mol. The van der Waals surface area contributed by atoms with Gasteiger partial charge in [0.05, 0.1) is 12.0 Å². The molecule has 2 aromatic rings. The van der Waals surface area contributed by atoms with E-state index in [1.54, 1.807) is 118 Å². The molecule has 0 unspecified atom stereocenters. The van der Waals surface area contributed by atoms with Gasteiger partial charge in [-0.1, -0.05) is 12.2 Å². The van der Waals surface area contributed by atoms with Gasteiger partial charge in [0.15, 0.2) is 0 Å². The summed E-state index contributed by atoms with van der Waals surface area (Å²) in [6.45, 7) is 22.3. The minimum absolute atomic E-state index is 0.0128. The number of aliphatic imine (C=N–C) groups is 2. The molecule has 2 aliphatic heterocycles. The lowest BCUT2D eigenvalue weighted by molar-refractivity contribution is 0.0536. The summed E-state index contributed by atoms with van der Waals surface area (Å²) < 4.78 is 27.3. The first-order valence-corrected chi connectivity index (χ1v) is 21.1. The second kappa shape index (κ2) is 19.9. The van der Waals surface area contributed by atoms with E-state index < -0.39 is 46.8 Å². The Hall–Kier alpha value is -5.91. The zero-order valence-corrected chi connectivity index (χ0v) is 38.9. The molecule has 0 radical (unpaired) electrons. The number of anilines is 1. The molecule has 17 nitrogen and oxygen atoms in total. The number of rotatable bonds is 5. The number of ether oxygens (including phenoxy) is 5. The topological polar surface area (TPSA) is 199 Å². The number of hydrogen-bond acceptors (Lipinski definition) is 11. The van der Waals surface area contributed by atoms with Crippen LogP contribution in [0.25, 0.3) is 11.1 Å². The number of alkyl carbamates (subject to hydrolysis) is 2. The molecule has 1 aromatic carbocycles. The van der Waals surface area contributed by atoms with Gasteiger partial charge in [0, 0.05) is 48.4 Å². The van der Waals surface area contributed by atoms with E-state index in [2.05, 4.69) is 25.9 Å². The molecule has 2 aliphatic rings. The van der Waals surface area contributed by atoms with Crippen molar-refractivity contribution < 1.29 is 47.7 Å². The first kappa shape index (κ1) is 48.8. The van der Waals surface area contributed by atoms with Crippen LogP contribution in [0.15, 0.2) is 52.5 Å². The SMILES string of the molecule is COc1cc(NC(=O)c2ccc(C3=CCN(C(=NC(=O)OC(C)(C)C)NC(=O)OC(C)(C)C)CC3)s2)ccc1C1=CCN(C(=NC(=O)OC(C)(C)C)NC(=O)OC(C)(C)C)CC1. The van der Waals surface area contributed by atoms with Crippen molar-refractivity contribution >= 4 is 70.4 Å². The largest absolute Gasteiger partial charge is 0.496 e. The molecule has 3 heterocycles. The van der Waals surface area contributed by atoms with Crippen LogP contribution in [-0.4, -0.2) is 108 Å². The van der Waals surface area contributed by atoms with Crippen LogP contribution in [0.4, 0.5) is 24.9 Å². The lowest BCUT2D eigenvalue weighted by atomic mass is 9.98. The zero-order chi connectivity index (χ0) is 46.2. The number of methoxy groups -OCH3 is 1. The molecule has 0 saturated heterocycles. The van der Waals surface area contributed by atoms with Crippen molar-refractivity contribution in [2.45, 2.75) is 118 Å². The van der Waals surface area contributed by atoms with Crippen molar-refractivity contribution in [2.75, 3.05) is 38.6 Å². The van der Waals surface area contributed by atoms with Crippen LogP contribution in [0, 0.1) is 0 Å². The molecule has 62 heavy (non-hydrogen) atoms. The summed E-state index contributed by atoms with van der Waals surface area (Å²) in [4.78, 5) is 77.1. The maximum Gasteiger partial charge on any atom is 0.437 e. The Kier molecular flexibility index (Phi) is 15.6. The number of guanidine groups is 2. The summed E-state index contributed by atoms with van der Waals surface area (Å²) in [6, 6.07) is 9.10. The van der Waals surface area contributed by atoms with Gasteiger partial charge in [0.1, 0.15) is 28.2 Å². The van der Waals surface area contributed by atoms with Crippen molar-refractivity contribution in [2.24, 2.45) is 9.98 Å². The third kappa shape index (κ3) is 15.8. The fraction of sp³-hybridized carbons (Fsp3) is 0.523. The van der Waals surface area contributed by atoms with Crippen molar-refractivity contribution in [3.8, 4) is 5.75 Å². The number of benzene rings is 1. The third-order valence-corrected chi connectivity index (χ3v) is 9.54. The molecule has 18 heteroatoms. The van der Waals surface area contributed by atoms with E-state index in [1.165, 1.54) is 11.3 Å². The molecule has 0 aliphatic carbocycles. The fourth-order valence-electron chi connectivity index (χ4n) is 5.94. The molecule has 5 amide bonds. The van der Waals surface area contributed by atoms with Crippen molar-refractivity contribution in [3.05, 3.63) is 57.8 Å². The molecular weight excluding hydrogens is 819 g/mol. The van der Waals surface area contributed by atoms with Crippen LogP contribution in [0.5, 0.6) is 5.75 Å². The molecule has 4 rings (SSSR count). The van der Waals surface area contributed by atoms with Crippen LogP contribution >= 0.6 is 11.3 Å². The molecule has 0 fully saturated rings. The average molecular weight is 880 g/mol. The highest BCUT2D eigenvalue weighted by Gasteiger charge is 2.28. The van der Waals surface area contributed by atoms with E-state index in [0.717, 1.165) is 21.6 Å². The Bertz CT molecular complexity index is 2130. The number of carbonyl (C=O) groups excluding carboxylic acids is 5. The number of nitrogens with one attached hydrogen (secondary N) is 3. The van der Waals surface area contributed by atoms with E-state index in [4.69, 9.17) is 23.7 Å². The molecular formula is C44H61N7O10S. The number of nitrogens with zero attached hydrogens (tertiary/aromatic N) is 4. The summed E-state index contributed by atoms with van der Waals surface area (Å²) in [5, 5.41) is 8.18. The van der Waals surface area contributed by atoms with Crippen LogP contribution in [0.2, 0.25) is 0 Å². The van der Waals surface area contributed by atoms with Gasteiger partial charge < -0.3 is 38.8 Å². The Labute approximate surface area is 367 Å². The van der Waals surface area contributed by atoms with Crippen molar-refractivity contribution in [3.63, 3.8) is 0 Å². The lowest BCUT2D eigenvalue weighted by Crippen LogP contribution is -2.48. The Morgan fingerprint density at radius 1 is 0.629 bits per heavy atom. The zero-order valence-electron chi connectivity index (χ0n) is 38.1.